The fourth-order valence-corrected chi connectivity index (χ4v) is 2.79. The average Bonchev–Trinajstić information content (AvgIpc) is 2.37. The lowest BCUT2D eigenvalue weighted by Gasteiger charge is -2.14. The summed E-state index contributed by atoms with van der Waals surface area (Å²) < 4.78 is 0. The number of pyridine rings is 1. The summed E-state index contributed by atoms with van der Waals surface area (Å²) >= 11 is 6.84. The minimum atomic E-state index is 0.360. The van der Waals surface area contributed by atoms with E-state index in [-0.39, 0.29) is 0 Å². The molecule has 1 aromatic heterocycles. The fraction of sp³-hybridized carbons (Fsp3) is 0.200. The minimum absolute atomic E-state index is 0.360. The summed E-state index contributed by atoms with van der Waals surface area (Å²) in [6, 6.07) is 10.1. The molecular formula is C15H17N3S2. The van der Waals surface area contributed by atoms with Crippen LogP contribution in [0, 0.1) is 13.8 Å². The van der Waals surface area contributed by atoms with E-state index in [2.05, 4.69) is 28.7 Å². The second kappa shape index (κ2) is 6.24. The first-order valence-electron chi connectivity index (χ1n) is 6.20. The second-order valence-electron chi connectivity index (χ2n) is 4.53. The molecule has 0 aliphatic heterocycles. The molecule has 3 nitrogen and oxygen atoms in total. The quantitative estimate of drug-likeness (QED) is 0.664. The van der Waals surface area contributed by atoms with E-state index < -0.39 is 0 Å². The Morgan fingerprint density at radius 1 is 1.30 bits per heavy atom. The SMILES string of the molecule is CSc1cccc(Nc2nc(C)cc(C)c2C(N)=S)c1. The maximum atomic E-state index is 5.82. The number of aryl methyl sites for hydroxylation is 2. The van der Waals surface area contributed by atoms with Crippen LogP contribution in [0.4, 0.5) is 11.5 Å². The van der Waals surface area contributed by atoms with Crippen molar-refractivity contribution in [1.82, 2.24) is 4.98 Å². The summed E-state index contributed by atoms with van der Waals surface area (Å²) in [6.07, 6.45) is 2.05. The zero-order valence-electron chi connectivity index (χ0n) is 11.7. The lowest BCUT2D eigenvalue weighted by molar-refractivity contribution is 1.17. The maximum Gasteiger partial charge on any atom is 0.141 e. The number of anilines is 2. The first kappa shape index (κ1) is 14.8. The van der Waals surface area contributed by atoms with Gasteiger partial charge < -0.3 is 11.1 Å². The Balaban J connectivity index is 2.44. The zero-order valence-corrected chi connectivity index (χ0v) is 13.4. The van der Waals surface area contributed by atoms with Crippen molar-refractivity contribution < 1.29 is 0 Å². The number of hydrogen-bond donors (Lipinski definition) is 2. The molecule has 0 saturated carbocycles. The van der Waals surface area contributed by atoms with Gasteiger partial charge in [-0.15, -0.1) is 11.8 Å². The molecule has 5 heteroatoms. The van der Waals surface area contributed by atoms with Crippen LogP contribution in [0.3, 0.4) is 0 Å². The Bertz CT molecular complexity index is 654. The van der Waals surface area contributed by atoms with Crippen molar-refractivity contribution in [3.8, 4) is 0 Å². The molecule has 0 bridgehead atoms. The third-order valence-electron chi connectivity index (χ3n) is 2.92. The van der Waals surface area contributed by atoms with Crippen molar-refractivity contribution in [2.75, 3.05) is 11.6 Å². The third kappa shape index (κ3) is 3.29. The van der Waals surface area contributed by atoms with Gasteiger partial charge in [-0.05, 0) is 49.9 Å². The van der Waals surface area contributed by atoms with Gasteiger partial charge in [0, 0.05) is 16.3 Å². The van der Waals surface area contributed by atoms with Crippen LogP contribution in [0.2, 0.25) is 0 Å². The summed E-state index contributed by atoms with van der Waals surface area (Å²) in [7, 11) is 0. The first-order valence-corrected chi connectivity index (χ1v) is 7.83. The van der Waals surface area contributed by atoms with Gasteiger partial charge >= 0.3 is 0 Å². The van der Waals surface area contributed by atoms with Crippen molar-refractivity contribution in [2.45, 2.75) is 18.7 Å². The monoisotopic (exact) mass is 303 g/mol. The molecule has 2 rings (SSSR count). The largest absolute Gasteiger partial charge is 0.389 e. The third-order valence-corrected chi connectivity index (χ3v) is 3.85. The van der Waals surface area contributed by atoms with Gasteiger partial charge in [0.2, 0.25) is 0 Å². The predicted octanol–water partition coefficient (Wildman–Crippen LogP) is 3.80. The van der Waals surface area contributed by atoms with Crippen LogP contribution in [-0.4, -0.2) is 16.2 Å². The highest BCUT2D eigenvalue weighted by Crippen LogP contribution is 2.25. The molecule has 2 aromatic rings. The van der Waals surface area contributed by atoms with Crippen molar-refractivity contribution in [1.29, 1.82) is 0 Å². The Morgan fingerprint density at radius 3 is 2.70 bits per heavy atom. The first-order chi connectivity index (χ1) is 9.51. The number of thiocarbonyl (C=S) groups is 1. The molecule has 0 aliphatic rings. The lowest BCUT2D eigenvalue weighted by atomic mass is 10.1. The van der Waals surface area contributed by atoms with E-state index in [0.717, 1.165) is 22.5 Å². The number of thioether (sulfide) groups is 1. The topological polar surface area (TPSA) is 50.9 Å². The zero-order chi connectivity index (χ0) is 14.7. The fourth-order valence-electron chi connectivity index (χ4n) is 2.08. The maximum absolute atomic E-state index is 5.82. The summed E-state index contributed by atoms with van der Waals surface area (Å²) in [6.45, 7) is 3.95. The van der Waals surface area contributed by atoms with Gasteiger partial charge in [0.25, 0.3) is 0 Å². The smallest absolute Gasteiger partial charge is 0.141 e. The molecule has 0 spiro atoms. The van der Waals surface area contributed by atoms with E-state index in [4.69, 9.17) is 18.0 Å². The standard InChI is InChI=1S/C15H17N3S2/c1-9-7-10(2)17-15(13(9)14(16)19)18-11-5-4-6-12(8-11)20-3/h4-8H,1-3H3,(H2,16,19)(H,17,18). The lowest BCUT2D eigenvalue weighted by Crippen LogP contribution is -2.15. The van der Waals surface area contributed by atoms with Crippen molar-refractivity contribution in [3.05, 3.63) is 47.2 Å². The Morgan fingerprint density at radius 2 is 2.05 bits per heavy atom. The Labute approximate surface area is 129 Å². The number of nitrogens with two attached hydrogens (primary N) is 1. The predicted molar refractivity (Wildman–Crippen MR) is 91.1 cm³/mol. The number of hydrogen-bond acceptors (Lipinski definition) is 4. The molecule has 1 heterocycles. The van der Waals surface area contributed by atoms with Crippen LogP contribution >= 0.6 is 24.0 Å². The van der Waals surface area contributed by atoms with Crippen LogP contribution in [0.25, 0.3) is 0 Å². The van der Waals surface area contributed by atoms with Crippen LogP contribution in [0.15, 0.2) is 35.2 Å². The van der Waals surface area contributed by atoms with E-state index in [0.29, 0.717) is 10.8 Å². The van der Waals surface area contributed by atoms with Crippen LogP contribution in [0.1, 0.15) is 16.8 Å². The van der Waals surface area contributed by atoms with E-state index in [1.807, 2.05) is 32.0 Å². The molecule has 3 N–H and O–H groups in total. The molecule has 0 atom stereocenters. The Kier molecular flexibility index (Phi) is 4.62. The highest BCUT2D eigenvalue weighted by Gasteiger charge is 2.11. The molecule has 0 saturated heterocycles. The second-order valence-corrected chi connectivity index (χ2v) is 5.84. The molecule has 0 fully saturated rings. The minimum Gasteiger partial charge on any atom is -0.389 e. The van der Waals surface area contributed by atoms with Crippen LogP contribution in [0.5, 0.6) is 0 Å². The average molecular weight is 303 g/mol. The normalized spacial score (nSPS) is 10.3. The van der Waals surface area contributed by atoms with Gasteiger partial charge in [-0.25, -0.2) is 4.98 Å². The van der Waals surface area contributed by atoms with E-state index >= 15 is 0 Å². The highest BCUT2D eigenvalue weighted by atomic mass is 32.2. The Hall–Kier alpha value is -1.59. The number of aromatic nitrogens is 1. The molecular weight excluding hydrogens is 286 g/mol. The molecule has 1 aromatic carbocycles. The van der Waals surface area contributed by atoms with Crippen LogP contribution in [-0.2, 0) is 0 Å². The number of benzene rings is 1. The molecule has 0 radical (unpaired) electrons. The van der Waals surface area contributed by atoms with Crippen molar-refractivity contribution >= 4 is 40.5 Å². The molecule has 104 valence electrons. The van der Waals surface area contributed by atoms with Crippen molar-refractivity contribution in [3.63, 3.8) is 0 Å². The molecule has 0 unspecified atom stereocenters. The van der Waals surface area contributed by atoms with Gasteiger partial charge in [-0.2, -0.15) is 0 Å². The van der Waals surface area contributed by atoms with Gasteiger partial charge in [0.1, 0.15) is 10.8 Å². The van der Waals surface area contributed by atoms with Gasteiger partial charge in [0.05, 0.1) is 5.56 Å². The van der Waals surface area contributed by atoms with E-state index in [1.165, 1.54) is 4.90 Å². The van der Waals surface area contributed by atoms with E-state index in [9.17, 15) is 0 Å². The molecule has 20 heavy (non-hydrogen) atoms. The molecule has 0 amide bonds. The summed E-state index contributed by atoms with van der Waals surface area (Å²) in [5.74, 6) is 0.716. The van der Waals surface area contributed by atoms with Gasteiger partial charge in [-0.1, -0.05) is 18.3 Å². The van der Waals surface area contributed by atoms with Crippen LogP contribution < -0.4 is 11.1 Å². The summed E-state index contributed by atoms with van der Waals surface area (Å²) in [5, 5.41) is 3.32. The van der Waals surface area contributed by atoms with E-state index in [1.54, 1.807) is 11.8 Å². The molecule has 0 aliphatic carbocycles. The van der Waals surface area contributed by atoms with Gasteiger partial charge in [0.15, 0.2) is 0 Å². The summed E-state index contributed by atoms with van der Waals surface area (Å²) in [4.78, 5) is 6.07. The van der Waals surface area contributed by atoms with Gasteiger partial charge in [-0.3, -0.25) is 0 Å². The number of rotatable bonds is 4. The number of nitrogens with zero attached hydrogens (tertiary/aromatic N) is 1. The highest BCUT2D eigenvalue weighted by molar-refractivity contribution is 7.98. The number of nitrogens with one attached hydrogen (secondary N) is 1. The van der Waals surface area contributed by atoms with Crippen molar-refractivity contribution in [2.24, 2.45) is 5.73 Å². The summed E-state index contributed by atoms with van der Waals surface area (Å²) in [5.41, 5.74) is 9.58.